The van der Waals surface area contributed by atoms with Crippen LogP contribution in [0.3, 0.4) is 0 Å². The third-order valence-electron chi connectivity index (χ3n) is 2.49. The number of ether oxygens (including phenoxy) is 2. The highest BCUT2D eigenvalue weighted by Crippen LogP contribution is 2.34. The van der Waals surface area contributed by atoms with Crippen LogP contribution in [0.25, 0.3) is 10.9 Å². The molecule has 1 aliphatic rings. The second-order valence-corrected chi connectivity index (χ2v) is 3.39. The fraction of sp³-hybridized carbons (Fsp3) is 0.0909. The summed E-state index contributed by atoms with van der Waals surface area (Å²) in [7, 11) is 0. The van der Waals surface area contributed by atoms with Crippen LogP contribution >= 0.6 is 0 Å². The van der Waals surface area contributed by atoms with E-state index in [0.717, 1.165) is 0 Å². The van der Waals surface area contributed by atoms with Gasteiger partial charge in [-0.05, 0) is 6.07 Å². The van der Waals surface area contributed by atoms with Gasteiger partial charge in [0.05, 0.1) is 10.9 Å². The number of pyridine rings is 1. The monoisotopic (exact) mass is 214 g/mol. The number of hydrogen-bond donors (Lipinski definition) is 1. The highest BCUT2D eigenvalue weighted by Gasteiger charge is 2.16. The van der Waals surface area contributed by atoms with E-state index in [0.29, 0.717) is 22.4 Å². The lowest BCUT2D eigenvalue weighted by Crippen LogP contribution is -2.06. The Balaban J connectivity index is 2.42. The van der Waals surface area contributed by atoms with Crippen molar-refractivity contribution in [2.75, 3.05) is 6.79 Å². The minimum Gasteiger partial charge on any atom is -0.454 e. The summed E-state index contributed by atoms with van der Waals surface area (Å²) in [6, 6.07) is 5.13. The van der Waals surface area contributed by atoms with Crippen molar-refractivity contribution in [2.24, 2.45) is 0 Å². The first-order valence-corrected chi connectivity index (χ1v) is 4.65. The predicted molar refractivity (Wildman–Crippen MR) is 55.4 cm³/mol. The molecule has 5 heteroatoms. The smallest absolute Gasteiger partial charge is 0.231 e. The molecule has 0 atom stereocenters. The van der Waals surface area contributed by atoms with Crippen LogP contribution in [-0.2, 0) is 0 Å². The third kappa shape index (κ3) is 1.07. The summed E-state index contributed by atoms with van der Waals surface area (Å²) in [6.07, 6.45) is 1.40. The molecule has 0 aliphatic carbocycles. The minimum atomic E-state index is -0.297. The van der Waals surface area contributed by atoms with Gasteiger partial charge in [-0.1, -0.05) is 0 Å². The Labute approximate surface area is 89.8 Å². The fourth-order valence-corrected chi connectivity index (χ4v) is 1.69. The lowest BCUT2D eigenvalue weighted by atomic mass is 10.1. The van der Waals surface area contributed by atoms with Crippen molar-refractivity contribution in [3.63, 3.8) is 0 Å². The molecule has 0 spiro atoms. The SMILES string of the molecule is N#Cc1c[nH]c2cc3c(cc2c1=O)OCO3. The second-order valence-electron chi connectivity index (χ2n) is 3.39. The number of hydrogen-bond acceptors (Lipinski definition) is 4. The van der Waals surface area contributed by atoms with Crippen LogP contribution < -0.4 is 14.9 Å². The van der Waals surface area contributed by atoms with Gasteiger partial charge in [0.1, 0.15) is 11.6 Å². The molecule has 1 N–H and O–H groups in total. The summed E-state index contributed by atoms with van der Waals surface area (Å²) in [4.78, 5) is 14.7. The van der Waals surface area contributed by atoms with E-state index < -0.39 is 0 Å². The number of aromatic amines is 1. The standard InChI is InChI=1S/C11H6N2O3/c12-3-6-4-13-8-2-10-9(15-5-16-10)1-7(8)11(6)14/h1-2,4H,5H2,(H,13,14). The highest BCUT2D eigenvalue weighted by molar-refractivity contribution is 5.83. The Kier molecular flexibility index (Phi) is 1.65. The number of benzene rings is 1. The maximum Gasteiger partial charge on any atom is 0.231 e. The van der Waals surface area contributed by atoms with Crippen molar-refractivity contribution >= 4 is 10.9 Å². The third-order valence-corrected chi connectivity index (χ3v) is 2.49. The lowest BCUT2D eigenvalue weighted by molar-refractivity contribution is 0.174. The fourth-order valence-electron chi connectivity index (χ4n) is 1.69. The number of H-pyrrole nitrogens is 1. The van der Waals surface area contributed by atoms with E-state index in [1.807, 2.05) is 6.07 Å². The van der Waals surface area contributed by atoms with Crippen molar-refractivity contribution < 1.29 is 9.47 Å². The predicted octanol–water partition coefficient (Wildman–Crippen LogP) is 1.13. The highest BCUT2D eigenvalue weighted by atomic mass is 16.7. The first kappa shape index (κ1) is 8.80. The molecule has 5 nitrogen and oxygen atoms in total. The van der Waals surface area contributed by atoms with Gasteiger partial charge in [-0.25, -0.2) is 0 Å². The molecule has 0 saturated carbocycles. The van der Waals surface area contributed by atoms with Crippen LogP contribution in [0.4, 0.5) is 0 Å². The van der Waals surface area contributed by atoms with E-state index in [2.05, 4.69) is 4.98 Å². The number of rotatable bonds is 0. The summed E-state index contributed by atoms with van der Waals surface area (Å²) in [6.45, 7) is 0.158. The molecule has 78 valence electrons. The van der Waals surface area contributed by atoms with Gasteiger partial charge in [-0.3, -0.25) is 4.79 Å². The molecule has 0 unspecified atom stereocenters. The molecule has 0 bridgehead atoms. The van der Waals surface area contributed by atoms with E-state index in [-0.39, 0.29) is 17.8 Å². The number of nitrogens with zero attached hydrogens (tertiary/aromatic N) is 1. The number of fused-ring (bicyclic) bond motifs is 2. The number of aromatic nitrogens is 1. The van der Waals surface area contributed by atoms with Gasteiger partial charge in [0, 0.05) is 12.3 Å². The molecule has 0 amide bonds. The van der Waals surface area contributed by atoms with Gasteiger partial charge in [0.2, 0.25) is 12.2 Å². The van der Waals surface area contributed by atoms with Crippen LogP contribution in [0, 0.1) is 11.3 Å². The quantitative estimate of drug-likeness (QED) is 0.713. The van der Waals surface area contributed by atoms with Crippen molar-refractivity contribution in [2.45, 2.75) is 0 Å². The molecule has 0 saturated heterocycles. The van der Waals surface area contributed by atoms with Crippen molar-refractivity contribution in [1.29, 1.82) is 5.26 Å². The summed E-state index contributed by atoms with van der Waals surface area (Å²) in [5.41, 5.74) is 0.425. The molecule has 3 rings (SSSR count). The van der Waals surface area contributed by atoms with Gasteiger partial charge < -0.3 is 14.5 Å². The molecular weight excluding hydrogens is 208 g/mol. The Morgan fingerprint density at radius 2 is 2.06 bits per heavy atom. The van der Waals surface area contributed by atoms with Gasteiger partial charge >= 0.3 is 0 Å². The first-order chi connectivity index (χ1) is 7.79. The van der Waals surface area contributed by atoms with Crippen molar-refractivity contribution in [3.8, 4) is 17.6 Å². The van der Waals surface area contributed by atoms with Crippen LogP contribution in [0.1, 0.15) is 5.56 Å². The molecule has 0 radical (unpaired) electrons. The van der Waals surface area contributed by atoms with Crippen molar-refractivity contribution in [1.82, 2.24) is 4.98 Å². The molecule has 2 heterocycles. The Morgan fingerprint density at radius 1 is 1.31 bits per heavy atom. The van der Waals surface area contributed by atoms with Crippen LogP contribution in [-0.4, -0.2) is 11.8 Å². The Morgan fingerprint density at radius 3 is 2.81 bits per heavy atom. The zero-order valence-corrected chi connectivity index (χ0v) is 8.11. The molecule has 1 aromatic carbocycles. The second kappa shape index (κ2) is 3.00. The van der Waals surface area contributed by atoms with E-state index in [1.165, 1.54) is 6.20 Å². The Hall–Kier alpha value is -2.48. The van der Waals surface area contributed by atoms with Gasteiger partial charge in [0.15, 0.2) is 11.5 Å². The number of nitrogens with one attached hydrogen (secondary N) is 1. The zero-order valence-electron chi connectivity index (χ0n) is 8.11. The van der Waals surface area contributed by atoms with E-state index in [9.17, 15) is 4.79 Å². The topological polar surface area (TPSA) is 75.1 Å². The molecule has 2 aromatic rings. The Bertz CT molecular complexity index is 682. The first-order valence-electron chi connectivity index (χ1n) is 4.65. The molecule has 16 heavy (non-hydrogen) atoms. The lowest BCUT2D eigenvalue weighted by Gasteiger charge is -2.00. The maximum absolute atomic E-state index is 11.8. The molecule has 0 fully saturated rings. The minimum absolute atomic E-state index is 0.0892. The van der Waals surface area contributed by atoms with Gasteiger partial charge in [0.25, 0.3) is 0 Å². The van der Waals surface area contributed by atoms with E-state index >= 15 is 0 Å². The van der Waals surface area contributed by atoms with Gasteiger partial charge in [-0.2, -0.15) is 5.26 Å². The molecular formula is C11H6N2O3. The number of nitriles is 1. The molecule has 1 aromatic heterocycles. The summed E-state index contributed by atoms with van der Waals surface area (Å²) in [5, 5.41) is 9.18. The summed E-state index contributed by atoms with van der Waals surface area (Å²) < 4.78 is 10.4. The van der Waals surface area contributed by atoms with Crippen LogP contribution in [0.2, 0.25) is 0 Å². The van der Waals surface area contributed by atoms with Crippen molar-refractivity contribution in [3.05, 3.63) is 34.1 Å². The maximum atomic E-state index is 11.8. The summed E-state index contributed by atoms with van der Waals surface area (Å²) in [5.74, 6) is 1.14. The van der Waals surface area contributed by atoms with Crippen LogP contribution in [0.5, 0.6) is 11.5 Å². The zero-order chi connectivity index (χ0) is 11.1. The van der Waals surface area contributed by atoms with Gasteiger partial charge in [-0.15, -0.1) is 0 Å². The normalized spacial score (nSPS) is 12.7. The summed E-state index contributed by atoms with van der Waals surface area (Å²) >= 11 is 0. The van der Waals surface area contributed by atoms with E-state index in [1.54, 1.807) is 12.1 Å². The van der Waals surface area contributed by atoms with E-state index in [4.69, 9.17) is 14.7 Å². The van der Waals surface area contributed by atoms with Crippen LogP contribution in [0.15, 0.2) is 23.1 Å². The average molecular weight is 214 g/mol. The molecule has 1 aliphatic heterocycles. The average Bonchev–Trinajstić information content (AvgIpc) is 2.74. The largest absolute Gasteiger partial charge is 0.454 e.